The van der Waals surface area contributed by atoms with Crippen LogP contribution in [-0.2, 0) is 18.9 Å². The average molecular weight is 283 g/mol. The van der Waals surface area contributed by atoms with Gasteiger partial charge in [0.2, 0.25) is 0 Å². The van der Waals surface area contributed by atoms with Crippen molar-refractivity contribution in [3.8, 4) is 0 Å². The second kappa shape index (κ2) is 23.0. The van der Waals surface area contributed by atoms with Crippen molar-refractivity contribution in [3.05, 3.63) is 79.0 Å². The molecule has 0 fully saturated rings. The monoisotopic (exact) mass is 282 g/mol. The normalized spacial score (nSPS) is 9.00. The molecule has 0 N–H and O–H groups in total. The van der Waals surface area contributed by atoms with Gasteiger partial charge in [0.15, 0.2) is 0 Å². The van der Waals surface area contributed by atoms with Crippen molar-refractivity contribution in [2.24, 2.45) is 0 Å². The van der Waals surface area contributed by atoms with Crippen LogP contribution in [0.15, 0.2) is 79.0 Å². The fourth-order valence-electron chi connectivity index (χ4n) is 0.421. The third kappa shape index (κ3) is 44.8. The SMILES string of the molecule is C=C=C.C=C=C.C=C=C.[Tc][C]1=CC=CC1. The van der Waals surface area contributed by atoms with E-state index in [2.05, 4.69) is 93.8 Å². The van der Waals surface area contributed by atoms with Crippen molar-refractivity contribution >= 4 is 0 Å². The number of hydrogen-bond acceptors (Lipinski definition) is 0. The molecule has 0 nitrogen and oxygen atoms in total. The van der Waals surface area contributed by atoms with Gasteiger partial charge in [0, 0.05) is 0 Å². The van der Waals surface area contributed by atoms with Crippen LogP contribution < -0.4 is 0 Å². The molecule has 0 amide bonds. The zero-order valence-electron chi connectivity index (χ0n) is 9.06. The molecule has 0 aromatic rings. The molecule has 0 aromatic carbocycles. The van der Waals surface area contributed by atoms with Crippen LogP contribution in [-0.4, -0.2) is 0 Å². The van der Waals surface area contributed by atoms with Gasteiger partial charge in [-0.2, -0.15) is 0 Å². The fourth-order valence-corrected chi connectivity index (χ4v) is 0.819. The van der Waals surface area contributed by atoms with Gasteiger partial charge in [-0.1, -0.05) is 39.5 Å². The van der Waals surface area contributed by atoms with Crippen molar-refractivity contribution in [3.63, 3.8) is 0 Å². The number of rotatable bonds is 0. The number of hydrogen-bond donors (Lipinski definition) is 0. The van der Waals surface area contributed by atoms with E-state index in [1.54, 1.807) is 0 Å². The maximum absolute atomic E-state index is 3.12. The van der Waals surface area contributed by atoms with E-state index in [1.165, 1.54) is 4.09 Å². The minimum atomic E-state index is 1.15. The third-order valence-electron chi connectivity index (χ3n) is 0.726. The summed E-state index contributed by atoms with van der Waals surface area (Å²) < 4.78 is 1.44. The molecule has 15 heavy (non-hydrogen) atoms. The fraction of sp³-hybridized carbons (Fsp3) is 0.0714. The maximum atomic E-state index is 3.12. The molecule has 0 aromatic heterocycles. The molecule has 1 rings (SSSR count). The van der Waals surface area contributed by atoms with Gasteiger partial charge in [-0.05, 0) is 0 Å². The van der Waals surface area contributed by atoms with Crippen molar-refractivity contribution in [1.82, 2.24) is 0 Å². The van der Waals surface area contributed by atoms with Crippen molar-refractivity contribution < 1.29 is 18.9 Å². The molecule has 80 valence electrons. The van der Waals surface area contributed by atoms with Crippen LogP contribution >= 0.6 is 0 Å². The summed E-state index contributed by atoms with van der Waals surface area (Å²) in [5, 5.41) is 0. The van der Waals surface area contributed by atoms with Crippen LogP contribution in [0.5, 0.6) is 0 Å². The van der Waals surface area contributed by atoms with Crippen LogP contribution in [0.1, 0.15) is 6.42 Å². The van der Waals surface area contributed by atoms with E-state index < -0.39 is 0 Å². The van der Waals surface area contributed by atoms with Crippen molar-refractivity contribution in [2.75, 3.05) is 0 Å². The third-order valence-corrected chi connectivity index (χ3v) is 1.41. The molecule has 1 aliphatic carbocycles. The quantitative estimate of drug-likeness (QED) is 0.583. The zero-order valence-corrected chi connectivity index (χ0v) is 10.9. The summed E-state index contributed by atoms with van der Waals surface area (Å²) in [6, 6.07) is 0. The van der Waals surface area contributed by atoms with Gasteiger partial charge in [-0.25, -0.2) is 0 Å². The van der Waals surface area contributed by atoms with E-state index in [4.69, 9.17) is 0 Å². The Kier molecular flexibility index (Phi) is 29.5. The van der Waals surface area contributed by atoms with Gasteiger partial charge in [0.25, 0.3) is 0 Å². The first kappa shape index (κ1) is 19.3. The molecule has 0 unspecified atom stereocenters. The van der Waals surface area contributed by atoms with Crippen molar-refractivity contribution in [1.29, 1.82) is 0 Å². The molecule has 0 aliphatic heterocycles. The molecular weight excluding hydrogens is 266 g/mol. The van der Waals surface area contributed by atoms with Gasteiger partial charge in [-0.15, -0.1) is 17.2 Å². The Morgan fingerprint density at radius 2 is 1.27 bits per heavy atom. The molecular formula is C14H17Tc. The molecule has 0 atom stereocenters. The van der Waals surface area contributed by atoms with E-state index >= 15 is 0 Å². The Balaban J connectivity index is -0.000000140. The van der Waals surface area contributed by atoms with Crippen LogP contribution in [0, 0.1) is 0 Å². The second-order valence-corrected chi connectivity index (χ2v) is 3.19. The summed E-state index contributed by atoms with van der Waals surface area (Å²) >= 11 is 2.33. The summed E-state index contributed by atoms with van der Waals surface area (Å²) in [7, 11) is 0. The molecule has 1 heteroatoms. The van der Waals surface area contributed by atoms with Gasteiger partial charge >= 0.3 is 47.6 Å². The molecule has 0 spiro atoms. The first-order valence-corrected chi connectivity index (χ1v) is 4.96. The Bertz CT molecular complexity index is 257. The summed E-state index contributed by atoms with van der Waals surface area (Å²) in [4.78, 5) is 0. The summed E-state index contributed by atoms with van der Waals surface area (Å²) in [5.74, 6) is 0. The van der Waals surface area contributed by atoms with Crippen LogP contribution in [0.2, 0.25) is 0 Å². The summed E-state index contributed by atoms with van der Waals surface area (Å²) in [6.07, 6.45) is 7.52. The van der Waals surface area contributed by atoms with E-state index in [0.29, 0.717) is 0 Å². The summed E-state index contributed by atoms with van der Waals surface area (Å²) in [6.45, 7) is 18.8. The summed E-state index contributed by atoms with van der Waals surface area (Å²) in [5.41, 5.74) is 6.75. The molecule has 0 saturated heterocycles. The van der Waals surface area contributed by atoms with Crippen LogP contribution in [0.3, 0.4) is 0 Å². The first-order chi connectivity index (χ1) is 7.14. The number of allylic oxidation sites excluding steroid dienone is 4. The van der Waals surface area contributed by atoms with E-state index in [1.807, 2.05) is 0 Å². The molecule has 0 bridgehead atoms. The van der Waals surface area contributed by atoms with Crippen LogP contribution in [0.25, 0.3) is 0 Å². The van der Waals surface area contributed by atoms with Gasteiger partial charge in [-0.3, -0.25) is 0 Å². The Hall–Kier alpha value is -1.31. The first-order valence-electron chi connectivity index (χ1n) is 4.03. The Morgan fingerprint density at radius 3 is 1.33 bits per heavy atom. The Morgan fingerprint density at radius 1 is 0.933 bits per heavy atom. The van der Waals surface area contributed by atoms with Crippen molar-refractivity contribution in [2.45, 2.75) is 6.42 Å². The Labute approximate surface area is 104 Å². The van der Waals surface area contributed by atoms with Gasteiger partial charge in [0.1, 0.15) is 0 Å². The van der Waals surface area contributed by atoms with E-state index in [-0.39, 0.29) is 0 Å². The minimum absolute atomic E-state index is 1.15. The van der Waals surface area contributed by atoms with Crippen LogP contribution in [0.4, 0.5) is 0 Å². The zero-order chi connectivity index (χ0) is 12.5. The molecule has 0 radical (unpaired) electrons. The topological polar surface area (TPSA) is 0 Å². The van der Waals surface area contributed by atoms with E-state index in [9.17, 15) is 0 Å². The molecule has 0 heterocycles. The van der Waals surface area contributed by atoms with Gasteiger partial charge < -0.3 is 0 Å². The average Bonchev–Trinajstić information content (AvgIpc) is 2.60. The predicted molar refractivity (Wildman–Crippen MR) is 66.1 cm³/mol. The van der Waals surface area contributed by atoms with E-state index in [0.717, 1.165) is 6.42 Å². The second-order valence-electron chi connectivity index (χ2n) is 2.00. The molecule has 1 aliphatic rings. The van der Waals surface area contributed by atoms with Gasteiger partial charge in [0.05, 0.1) is 0 Å². The molecule has 0 saturated carbocycles. The standard InChI is InChI=1S/C5H5.3C3H4.Tc/c1-2-4-5-3-1;3*1-3-2;/h1-3H,4H2;3*1-2H2;. The predicted octanol–water partition coefficient (Wildman–Crippen LogP) is 4.25.